The fourth-order valence-electron chi connectivity index (χ4n) is 3.73. The van der Waals surface area contributed by atoms with Gasteiger partial charge in [0.1, 0.15) is 0 Å². The van der Waals surface area contributed by atoms with Gasteiger partial charge in [-0.1, -0.05) is 37.6 Å². The van der Waals surface area contributed by atoms with Crippen molar-refractivity contribution in [2.75, 3.05) is 0 Å². The van der Waals surface area contributed by atoms with E-state index >= 15 is 0 Å². The minimum atomic E-state index is 0.436. The van der Waals surface area contributed by atoms with Crippen molar-refractivity contribution >= 4 is 0 Å². The van der Waals surface area contributed by atoms with Crippen LogP contribution in [-0.2, 0) is 6.42 Å². The largest absolute Gasteiger partial charge is 0.327 e. The van der Waals surface area contributed by atoms with Gasteiger partial charge in [-0.2, -0.15) is 0 Å². The van der Waals surface area contributed by atoms with E-state index in [0.29, 0.717) is 6.04 Å². The van der Waals surface area contributed by atoms with E-state index in [2.05, 4.69) is 31.2 Å². The van der Waals surface area contributed by atoms with Crippen molar-refractivity contribution in [3.8, 4) is 0 Å². The van der Waals surface area contributed by atoms with Crippen LogP contribution in [0.2, 0.25) is 0 Å². The van der Waals surface area contributed by atoms with Crippen LogP contribution >= 0.6 is 0 Å². The second-order valence-corrected chi connectivity index (χ2v) is 5.46. The van der Waals surface area contributed by atoms with Crippen molar-refractivity contribution in [2.45, 2.75) is 44.6 Å². The highest BCUT2D eigenvalue weighted by Gasteiger charge is 2.54. The molecule has 0 spiro atoms. The lowest BCUT2D eigenvalue weighted by Crippen LogP contribution is -2.23. The Hall–Kier alpha value is -0.820. The topological polar surface area (TPSA) is 26.0 Å². The summed E-state index contributed by atoms with van der Waals surface area (Å²) in [7, 11) is 0. The molecule has 0 radical (unpaired) electrons. The van der Waals surface area contributed by atoms with Gasteiger partial charge < -0.3 is 5.73 Å². The molecule has 1 aromatic carbocycles. The Labute approximate surface area is 98.0 Å². The van der Waals surface area contributed by atoms with Gasteiger partial charge in [0.15, 0.2) is 0 Å². The van der Waals surface area contributed by atoms with E-state index in [9.17, 15) is 0 Å². The molecule has 4 unspecified atom stereocenters. The predicted octanol–water partition coefficient (Wildman–Crippen LogP) is 3.09. The zero-order valence-electron chi connectivity index (χ0n) is 10.0. The van der Waals surface area contributed by atoms with Crippen molar-refractivity contribution in [3.05, 3.63) is 35.4 Å². The van der Waals surface area contributed by atoms with Crippen LogP contribution in [0.25, 0.3) is 0 Å². The summed E-state index contributed by atoms with van der Waals surface area (Å²) in [5, 5.41) is 0. The third kappa shape index (κ3) is 1.49. The second kappa shape index (κ2) is 3.89. The summed E-state index contributed by atoms with van der Waals surface area (Å²) in [6.07, 6.45) is 5.05. The van der Waals surface area contributed by atoms with E-state index < -0.39 is 0 Å². The first kappa shape index (κ1) is 10.3. The number of hydrogen-bond donors (Lipinski definition) is 1. The molecule has 0 aliphatic heterocycles. The number of fused-ring (bicyclic) bond motifs is 3. The highest BCUT2D eigenvalue weighted by molar-refractivity contribution is 5.39. The molecule has 2 N–H and O–H groups in total. The summed E-state index contributed by atoms with van der Waals surface area (Å²) in [6.45, 7) is 2.24. The molecule has 0 amide bonds. The van der Waals surface area contributed by atoms with Crippen LogP contribution in [0.3, 0.4) is 0 Å². The Balaban J connectivity index is 1.82. The van der Waals surface area contributed by atoms with E-state index in [1.165, 1.54) is 25.7 Å². The molecule has 1 saturated carbocycles. The lowest BCUT2D eigenvalue weighted by molar-refractivity contribution is 0.499. The molecule has 2 aliphatic rings. The molecule has 0 aromatic heterocycles. The van der Waals surface area contributed by atoms with Crippen molar-refractivity contribution in [3.63, 3.8) is 0 Å². The molecule has 1 fully saturated rings. The minimum Gasteiger partial charge on any atom is -0.327 e. The molecule has 0 saturated heterocycles. The Bertz CT molecular complexity index is 385. The molecule has 2 aliphatic carbocycles. The van der Waals surface area contributed by atoms with E-state index in [1.807, 2.05) is 0 Å². The SMILES string of the molecule is CCCC(N)C1C2CCc3ccccc3C21. The van der Waals surface area contributed by atoms with Gasteiger partial charge in [0.25, 0.3) is 0 Å². The van der Waals surface area contributed by atoms with Crippen LogP contribution in [0.15, 0.2) is 24.3 Å². The molecule has 1 aromatic rings. The quantitative estimate of drug-likeness (QED) is 0.824. The smallest absolute Gasteiger partial charge is 0.00758 e. The zero-order chi connectivity index (χ0) is 11.1. The van der Waals surface area contributed by atoms with Crippen LogP contribution < -0.4 is 5.73 Å². The maximum Gasteiger partial charge on any atom is 0.00758 e. The van der Waals surface area contributed by atoms with Gasteiger partial charge in [0, 0.05) is 6.04 Å². The van der Waals surface area contributed by atoms with Crippen LogP contribution in [0.1, 0.15) is 43.2 Å². The van der Waals surface area contributed by atoms with Crippen molar-refractivity contribution < 1.29 is 0 Å². The second-order valence-electron chi connectivity index (χ2n) is 5.46. The molecule has 1 heteroatoms. The third-order valence-corrected chi connectivity index (χ3v) is 4.51. The average molecular weight is 215 g/mol. The highest BCUT2D eigenvalue weighted by Crippen LogP contribution is 2.61. The Morgan fingerprint density at radius 3 is 3.00 bits per heavy atom. The van der Waals surface area contributed by atoms with Crippen LogP contribution in [0.4, 0.5) is 0 Å². The van der Waals surface area contributed by atoms with Crippen LogP contribution in [-0.4, -0.2) is 6.04 Å². The van der Waals surface area contributed by atoms with E-state index in [1.54, 1.807) is 11.1 Å². The summed E-state index contributed by atoms with van der Waals surface area (Å²) >= 11 is 0. The number of hydrogen-bond acceptors (Lipinski definition) is 1. The molecule has 0 bridgehead atoms. The third-order valence-electron chi connectivity index (χ3n) is 4.51. The van der Waals surface area contributed by atoms with Crippen molar-refractivity contribution in [2.24, 2.45) is 17.6 Å². The standard InChI is InChI=1S/C15H21N/c1-2-5-13(16)15-12-9-8-10-6-3-4-7-11(10)14(12)15/h3-4,6-7,12-15H,2,5,8-9,16H2,1H3. The van der Waals surface area contributed by atoms with E-state index in [4.69, 9.17) is 5.73 Å². The van der Waals surface area contributed by atoms with Gasteiger partial charge in [-0.05, 0) is 48.1 Å². The lowest BCUT2D eigenvalue weighted by Gasteiger charge is -2.13. The summed E-state index contributed by atoms with van der Waals surface area (Å²) in [5.74, 6) is 2.48. The van der Waals surface area contributed by atoms with Crippen molar-refractivity contribution in [1.82, 2.24) is 0 Å². The van der Waals surface area contributed by atoms with Gasteiger partial charge in [-0.3, -0.25) is 0 Å². The molecule has 0 heterocycles. The van der Waals surface area contributed by atoms with Gasteiger partial charge in [-0.15, -0.1) is 0 Å². The van der Waals surface area contributed by atoms with E-state index in [0.717, 1.165) is 17.8 Å². The minimum absolute atomic E-state index is 0.436. The summed E-state index contributed by atoms with van der Waals surface area (Å²) in [5.41, 5.74) is 9.49. The van der Waals surface area contributed by atoms with Gasteiger partial charge >= 0.3 is 0 Å². The fraction of sp³-hybridized carbons (Fsp3) is 0.600. The number of rotatable bonds is 3. The van der Waals surface area contributed by atoms with E-state index in [-0.39, 0.29) is 0 Å². The average Bonchev–Trinajstić information content (AvgIpc) is 3.04. The monoisotopic (exact) mass is 215 g/mol. The van der Waals surface area contributed by atoms with Gasteiger partial charge in [-0.25, -0.2) is 0 Å². The fourth-order valence-corrected chi connectivity index (χ4v) is 3.73. The molecular weight excluding hydrogens is 194 g/mol. The predicted molar refractivity (Wildman–Crippen MR) is 67.4 cm³/mol. The Kier molecular flexibility index (Phi) is 2.51. The molecule has 16 heavy (non-hydrogen) atoms. The van der Waals surface area contributed by atoms with Crippen LogP contribution in [0, 0.1) is 11.8 Å². The number of nitrogens with two attached hydrogens (primary N) is 1. The first-order valence-electron chi connectivity index (χ1n) is 6.66. The molecule has 4 atom stereocenters. The Morgan fingerprint density at radius 1 is 1.38 bits per heavy atom. The Morgan fingerprint density at radius 2 is 2.19 bits per heavy atom. The lowest BCUT2D eigenvalue weighted by atomic mass is 9.92. The first-order valence-corrected chi connectivity index (χ1v) is 6.66. The first-order chi connectivity index (χ1) is 7.83. The molecule has 1 nitrogen and oxygen atoms in total. The molecule has 86 valence electrons. The zero-order valence-corrected chi connectivity index (χ0v) is 10.0. The molecule has 3 rings (SSSR count). The summed E-state index contributed by atoms with van der Waals surface area (Å²) in [6, 6.07) is 9.41. The van der Waals surface area contributed by atoms with Crippen LogP contribution in [0.5, 0.6) is 0 Å². The maximum absolute atomic E-state index is 6.31. The van der Waals surface area contributed by atoms with Crippen molar-refractivity contribution in [1.29, 1.82) is 0 Å². The highest BCUT2D eigenvalue weighted by atomic mass is 14.7. The van der Waals surface area contributed by atoms with Gasteiger partial charge in [0.2, 0.25) is 0 Å². The normalized spacial score (nSPS) is 32.8. The summed E-state index contributed by atoms with van der Waals surface area (Å²) < 4.78 is 0. The summed E-state index contributed by atoms with van der Waals surface area (Å²) in [4.78, 5) is 0. The van der Waals surface area contributed by atoms with Gasteiger partial charge in [0.05, 0.1) is 0 Å². The number of aryl methyl sites for hydroxylation is 1. The molecular formula is C15H21N. The maximum atomic E-state index is 6.31. The number of benzene rings is 1.